The Morgan fingerprint density at radius 2 is 1.85 bits per heavy atom. The van der Waals surface area contributed by atoms with Gasteiger partial charge in [0.25, 0.3) is 0 Å². The molecule has 0 amide bonds. The maximum Gasteiger partial charge on any atom is 0.340 e. The van der Waals surface area contributed by atoms with Crippen LogP contribution >= 0.6 is 11.6 Å². The van der Waals surface area contributed by atoms with Gasteiger partial charge in [0.2, 0.25) is 0 Å². The second kappa shape index (κ2) is 4.77. The van der Waals surface area contributed by atoms with Crippen molar-refractivity contribution in [3.05, 3.63) is 47.5 Å². The molecule has 20 heavy (non-hydrogen) atoms. The lowest BCUT2D eigenvalue weighted by atomic mass is 10.3. The summed E-state index contributed by atoms with van der Waals surface area (Å²) in [6.45, 7) is 0. The van der Waals surface area contributed by atoms with Gasteiger partial charge in [-0.25, -0.2) is 0 Å². The molecular formula is C12H8ClN3O3S. The molecule has 1 aromatic heterocycles. The van der Waals surface area contributed by atoms with Crippen LogP contribution in [0.3, 0.4) is 0 Å². The number of aromatic amines is 1. The number of aromatic nitrogens is 3. The first kappa shape index (κ1) is 12.9. The fourth-order valence-electron chi connectivity index (χ4n) is 1.72. The summed E-state index contributed by atoms with van der Waals surface area (Å²) < 4.78 is 29.6. The topological polar surface area (TPSA) is 84.9 Å². The van der Waals surface area contributed by atoms with Crippen LogP contribution < -0.4 is 4.18 Å². The van der Waals surface area contributed by atoms with E-state index in [9.17, 15) is 8.42 Å². The predicted molar refractivity (Wildman–Crippen MR) is 73.2 cm³/mol. The summed E-state index contributed by atoms with van der Waals surface area (Å²) in [4.78, 5) is -0.0952. The molecule has 3 aromatic rings. The molecule has 0 radical (unpaired) electrons. The number of rotatable bonds is 3. The van der Waals surface area contributed by atoms with Gasteiger partial charge in [-0.15, -0.1) is 0 Å². The molecule has 0 aliphatic rings. The molecule has 0 unspecified atom stereocenters. The average Bonchev–Trinajstić information content (AvgIpc) is 2.88. The summed E-state index contributed by atoms with van der Waals surface area (Å²) in [5.41, 5.74) is 0.847. The second-order valence-electron chi connectivity index (χ2n) is 3.92. The Balaban J connectivity index is 2.06. The van der Waals surface area contributed by atoms with Gasteiger partial charge in [0, 0.05) is 0 Å². The monoisotopic (exact) mass is 309 g/mol. The summed E-state index contributed by atoms with van der Waals surface area (Å²) in [6.07, 6.45) is 0. The van der Waals surface area contributed by atoms with Gasteiger partial charge in [0.15, 0.2) is 11.3 Å². The first-order valence-corrected chi connectivity index (χ1v) is 7.35. The van der Waals surface area contributed by atoms with Crippen molar-refractivity contribution in [2.75, 3.05) is 0 Å². The molecule has 2 aromatic carbocycles. The molecule has 8 heteroatoms. The zero-order chi connectivity index (χ0) is 14.2. The molecule has 0 saturated heterocycles. The maximum atomic E-state index is 12.2. The SMILES string of the molecule is O=S(=O)(Oc1cccc2n[nH]nc12)c1ccccc1Cl. The van der Waals surface area contributed by atoms with Crippen molar-refractivity contribution in [3.63, 3.8) is 0 Å². The molecule has 0 spiro atoms. The van der Waals surface area contributed by atoms with E-state index in [1.54, 1.807) is 24.3 Å². The van der Waals surface area contributed by atoms with E-state index in [0.29, 0.717) is 11.0 Å². The Morgan fingerprint density at radius 1 is 1.05 bits per heavy atom. The van der Waals surface area contributed by atoms with Crippen LogP contribution in [0, 0.1) is 0 Å². The van der Waals surface area contributed by atoms with E-state index in [1.807, 2.05) is 0 Å². The Kier molecular flexibility index (Phi) is 3.07. The van der Waals surface area contributed by atoms with Crippen molar-refractivity contribution >= 4 is 32.8 Å². The van der Waals surface area contributed by atoms with Gasteiger partial charge in [-0.1, -0.05) is 29.8 Å². The zero-order valence-electron chi connectivity index (χ0n) is 9.95. The predicted octanol–water partition coefficient (Wildman–Crippen LogP) is 2.38. The lowest BCUT2D eigenvalue weighted by Crippen LogP contribution is -2.10. The van der Waals surface area contributed by atoms with E-state index < -0.39 is 10.1 Å². The summed E-state index contributed by atoms with van der Waals surface area (Å²) in [5, 5.41) is 10.2. The van der Waals surface area contributed by atoms with Crippen LogP contribution in [-0.4, -0.2) is 23.8 Å². The van der Waals surface area contributed by atoms with Crippen LogP contribution in [0.5, 0.6) is 5.75 Å². The molecule has 6 nitrogen and oxygen atoms in total. The lowest BCUT2D eigenvalue weighted by molar-refractivity contribution is 0.488. The summed E-state index contributed by atoms with van der Waals surface area (Å²) in [6, 6.07) is 10.9. The van der Waals surface area contributed by atoms with E-state index in [1.165, 1.54) is 18.2 Å². The summed E-state index contributed by atoms with van der Waals surface area (Å²) in [7, 11) is -4.03. The molecule has 1 heterocycles. The Bertz CT molecular complexity index is 876. The number of benzene rings is 2. The fraction of sp³-hybridized carbons (Fsp3) is 0. The van der Waals surface area contributed by atoms with Crippen LogP contribution in [0.25, 0.3) is 11.0 Å². The number of fused-ring (bicyclic) bond motifs is 1. The van der Waals surface area contributed by atoms with Crippen LogP contribution in [0.1, 0.15) is 0 Å². The van der Waals surface area contributed by atoms with E-state index in [4.69, 9.17) is 15.8 Å². The van der Waals surface area contributed by atoms with Crippen LogP contribution in [0.2, 0.25) is 5.02 Å². The molecule has 0 bridgehead atoms. The Hall–Kier alpha value is -2.12. The highest BCUT2D eigenvalue weighted by atomic mass is 35.5. The van der Waals surface area contributed by atoms with Gasteiger partial charge in [0.05, 0.1) is 5.02 Å². The van der Waals surface area contributed by atoms with Gasteiger partial charge >= 0.3 is 10.1 Å². The lowest BCUT2D eigenvalue weighted by Gasteiger charge is -2.08. The fourth-order valence-corrected chi connectivity index (χ4v) is 3.15. The summed E-state index contributed by atoms with van der Waals surface area (Å²) >= 11 is 5.88. The Labute approximate surface area is 119 Å². The van der Waals surface area contributed by atoms with Gasteiger partial charge in [0.1, 0.15) is 10.4 Å². The third-order valence-corrected chi connectivity index (χ3v) is 4.35. The molecule has 0 atom stereocenters. The molecule has 0 aliphatic heterocycles. The molecular weight excluding hydrogens is 302 g/mol. The van der Waals surface area contributed by atoms with Gasteiger partial charge in [-0.2, -0.15) is 23.8 Å². The highest BCUT2D eigenvalue weighted by Gasteiger charge is 2.21. The molecule has 0 fully saturated rings. The number of halogens is 1. The van der Waals surface area contributed by atoms with E-state index in [-0.39, 0.29) is 15.7 Å². The molecule has 102 valence electrons. The maximum absolute atomic E-state index is 12.2. The third kappa shape index (κ3) is 2.21. The number of hydrogen-bond acceptors (Lipinski definition) is 5. The number of nitrogens with one attached hydrogen (secondary N) is 1. The third-order valence-electron chi connectivity index (χ3n) is 2.62. The van der Waals surface area contributed by atoms with Crippen LogP contribution in [0.15, 0.2) is 47.4 Å². The zero-order valence-corrected chi connectivity index (χ0v) is 11.5. The van der Waals surface area contributed by atoms with E-state index in [2.05, 4.69) is 15.4 Å². The summed E-state index contributed by atoms with van der Waals surface area (Å²) in [5.74, 6) is 0.0937. The molecule has 3 rings (SSSR count). The number of H-pyrrole nitrogens is 1. The molecule has 0 saturated carbocycles. The van der Waals surface area contributed by atoms with Gasteiger partial charge in [-0.3, -0.25) is 0 Å². The Morgan fingerprint density at radius 3 is 2.65 bits per heavy atom. The van der Waals surface area contributed by atoms with Crippen molar-refractivity contribution < 1.29 is 12.6 Å². The minimum atomic E-state index is -4.03. The first-order valence-electron chi connectivity index (χ1n) is 5.56. The van der Waals surface area contributed by atoms with E-state index >= 15 is 0 Å². The van der Waals surface area contributed by atoms with Gasteiger partial charge < -0.3 is 4.18 Å². The normalized spacial score (nSPS) is 11.7. The van der Waals surface area contributed by atoms with Crippen LogP contribution in [0.4, 0.5) is 0 Å². The second-order valence-corrected chi connectivity index (χ2v) is 5.84. The smallest absolute Gasteiger partial charge is 0.340 e. The van der Waals surface area contributed by atoms with Crippen molar-refractivity contribution in [1.29, 1.82) is 0 Å². The minimum absolute atomic E-state index is 0.0937. The number of hydrogen-bond donors (Lipinski definition) is 1. The van der Waals surface area contributed by atoms with Gasteiger partial charge in [-0.05, 0) is 24.3 Å². The van der Waals surface area contributed by atoms with Crippen molar-refractivity contribution in [2.45, 2.75) is 4.90 Å². The largest absolute Gasteiger partial charge is 0.376 e. The molecule has 1 N–H and O–H groups in total. The minimum Gasteiger partial charge on any atom is -0.376 e. The average molecular weight is 310 g/mol. The van der Waals surface area contributed by atoms with Crippen LogP contribution in [-0.2, 0) is 10.1 Å². The highest BCUT2D eigenvalue weighted by Crippen LogP contribution is 2.28. The number of para-hydroxylation sites is 1. The van der Waals surface area contributed by atoms with Crippen molar-refractivity contribution in [1.82, 2.24) is 15.4 Å². The first-order chi connectivity index (χ1) is 9.58. The molecule has 0 aliphatic carbocycles. The number of nitrogens with zero attached hydrogens (tertiary/aromatic N) is 2. The quantitative estimate of drug-likeness (QED) is 0.751. The van der Waals surface area contributed by atoms with E-state index in [0.717, 1.165) is 0 Å². The standard InChI is InChI=1S/C12H8ClN3O3S/c13-8-4-1-2-7-11(8)20(17,18)19-10-6-3-5-9-12(10)15-16-14-9/h1-7H,(H,14,15,16). The van der Waals surface area contributed by atoms with Crippen molar-refractivity contribution in [3.8, 4) is 5.75 Å². The highest BCUT2D eigenvalue weighted by molar-refractivity contribution is 7.87. The van der Waals surface area contributed by atoms with Crippen molar-refractivity contribution in [2.24, 2.45) is 0 Å².